The fourth-order valence-electron chi connectivity index (χ4n) is 1.62. The largest absolute Gasteiger partial charge is 0.548 e. The van der Waals surface area contributed by atoms with E-state index in [-0.39, 0.29) is 11.6 Å². The van der Waals surface area contributed by atoms with Crippen molar-refractivity contribution in [2.45, 2.75) is 51.0 Å². The highest BCUT2D eigenvalue weighted by Gasteiger charge is 2.15. The standard InChI is InChI=1S/C11H23NO4S/c1-17-9-7-5-3-2-4-6-8-10(11(13)14)12(15)16/h10,15-16H,2-9H2,1H3,(H,13,14)/p-1. The number of carboxylic acids is 1. The van der Waals surface area contributed by atoms with Crippen LogP contribution in [0.2, 0.25) is 0 Å². The number of carbonyl (C=O) groups is 1. The molecule has 0 aliphatic rings. The molecule has 17 heavy (non-hydrogen) atoms. The number of unbranched alkanes of at least 4 members (excludes halogenated alkanes) is 5. The summed E-state index contributed by atoms with van der Waals surface area (Å²) in [5.74, 6) is -0.258. The lowest BCUT2D eigenvalue weighted by atomic mass is 10.1. The van der Waals surface area contributed by atoms with Crippen LogP contribution < -0.4 is 5.11 Å². The predicted octanol–water partition coefficient (Wildman–Crippen LogP) is 1.28. The number of rotatable bonds is 11. The molecule has 0 aromatic heterocycles. The molecule has 1 atom stereocenters. The van der Waals surface area contributed by atoms with Crippen LogP contribution in [-0.4, -0.2) is 39.7 Å². The maximum atomic E-state index is 10.5. The number of aliphatic carboxylic acids is 1. The summed E-state index contributed by atoms with van der Waals surface area (Å²) in [5.41, 5.74) is 0. The second kappa shape index (κ2) is 10.8. The van der Waals surface area contributed by atoms with Crippen LogP contribution in [0.1, 0.15) is 44.9 Å². The van der Waals surface area contributed by atoms with Gasteiger partial charge in [-0.1, -0.05) is 37.3 Å². The van der Waals surface area contributed by atoms with Crippen molar-refractivity contribution >= 4 is 17.7 Å². The van der Waals surface area contributed by atoms with Gasteiger partial charge >= 0.3 is 0 Å². The summed E-state index contributed by atoms with van der Waals surface area (Å²) in [6.07, 6.45) is 8.52. The fourth-order valence-corrected chi connectivity index (χ4v) is 2.11. The number of thioether (sulfide) groups is 1. The van der Waals surface area contributed by atoms with Crippen LogP contribution in [0, 0.1) is 0 Å². The molecule has 0 rings (SSSR count). The molecule has 0 saturated carbocycles. The molecule has 5 nitrogen and oxygen atoms in total. The topological polar surface area (TPSA) is 83.8 Å². The van der Waals surface area contributed by atoms with Crippen molar-refractivity contribution in [2.75, 3.05) is 12.0 Å². The first-order valence-electron chi connectivity index (χ1n) is 5.96. The Morgan fingerprint density at radius 3 is 2.18 bits per heavy atom. The summed E-state index contributed by atoms with van der Waals surface area (Å²) < 4.78 is 0. The molecule has 0 aromatic rings. The zero-order chi connectivity index (χ0) is 13.1. The van der Waals surface area contributed by atoms with Crippen LogP contribution >= 0.6 is 11.8 Å². The number of hydroxylamine groups is 2. The van der Waals surface area contributed by atoms with Gasteiger partial charge < -0.3 is 9.90 Å². The molecule has 0 bridgehead atoms. The van der Waals surface area contributed by atoms with E-state index in [0.717, 1.165) is 19.3 Å². The third-order valence-corrected chi connectivity index (χ3v) is 3.32. The second-order valence-corrected chi connectivity index (χ2v) is 5.04. The summed E-state index contributed by atoms with van der Waals surface area (Å²) in [6, 6.07) is -1.31. The summed E-state index contributed by atoms with van der Waals surface area (Å²) >= 11 is 1.85. The zero-order valence-electron chi connectivity index (χ0n) is 10.3. The van der Waals surface area contributed by atoms with Gasteiger partial charge in [0.2, 0.25) is 0 Å². The van der Waals surface area contributed by atoms with E-state index in [9.17, 15) is 9.90 Å². The van der Waals surface area contributed by atoms with Gasteiger partial charge in [0, 0.05) is 0 Å². The first-order valence-corrected chi connectivity index (χ1v) is 7.35. The Morgan fingerprint density at radius 2 is 1.71 bits per heavy atom. The monoisotopic (exact) mass is 264 g/mol. The van der Waals surface area contributed by atoms with Crippen LogP contribution in [0.5, 0.6) is 0 Å². The molecular weight excluding hydrogens is 242 g/mol. The average Bonchev–Trinajstić information content (AvgIpc) is 2.26. The molecule has 2 N–H and O–H groups in total. The van der Waals surface area contributed by atoms with E-state index in [0.29, 0.717) is 6.42 Å². The number of hydrogen-bond donors (Lipinski definition) is 2. The number of hydrogen-bond acceptors (Lipinski definition) is 6. The van der Waals surface area contributed by atoms with E-state index in [1.54, 1.807) is 0 Å². The molecule has 0 amide bonds. The Labute approximate surface area is 107 Å². The molecule has 0 aromatic carbocycles. The van der Waals surface area contributed by atoms with E-state index < -0.39 is 12.0 Å². The first-order chi connectivity index (χ1) is 8.09. The molecule has 0 aliphatic heterocycles. The maximum Gasteiger partial charge on any atom is 0.102 e. The fraction of sp³-hybridized carbons (Fsp3) is 0.909. The highest BCUT2D eigenvalue weighted by Crippen LogP contribution is 2.11. The molecular formula is C11H22NO4S-. The SMILES string of the molecule is CSCCCCCCCCC(C(=O)[O-])N(O)O. The summed E-state index contributed by atoms with van der Waals surface area (Å²) in [5, 5.41) is 27.5. The molecule has 0 aliphatic carbocycles. The van der Waals surface area contributed by atoms with Crippen LogP contribution in [0.25, 0.3) is 0 Å². The molecule has 1 unspecified atom stereocenters. The van der Waals surface area contributed by atoms with Crippen molar-refractivity contribution in [3.05, 3.63) is 0 Å². The first kappa shape index (κ1) is 16.7. The Balaban J connectivity index is 3.40. The Hall–Kier alpha value is -0.300. The number of carboxylic acid groups (broad SMARTS) is 1. The molecule has 0 saturated heterocycles. The third-order valence-electron chi connectivity index (χ3n) is 2.63. The predicted molar refractivity (Wildman–Crippen MR) is 64.9 cm³/mol. The lowest BCUT2D eigenvalue weighted by Crippen LogP contribution is -2.45. The lowest BCUT2D eigenvalue weighted by molar-refractivity contribution is -0.364. The van der Waals surface area contributed by atoms with E-state index in [2.05, 4.69) is 6.26 Å². The minimum atomic E-state index is -1.45. The van der Waals surface area contributed by atoms with Gasteiger partial charge in [0.25, 0.3) is 0 Å². The van der Waals surface area contributed by atoms with Crippen LogP contribution in [-0.2, 0) is 4.79 Å². The van der Waals surface area contributed by atoms with Gasteiger partial charge in [-0.3, -0.25) is 10.4 Å². The van der Waals surface area contributed by atoms with Crippen molar-refractivity contribution in [2.24, 2.45) is 0 Å². The smallest absolute Gasteiger partial charge is 0.102 e. The van der Waals surface area contributed by atoms with Crippen LogP contribution in [0.3, 0.4) is 0 Å². The van der Waals surface area contributed by atoms with E-state index >= 15 is 0 Å². The van der Waals surface area contributed by atoms with Gasteiger partial charge in [0.15, 0.2) is 0 Å². The van der Waals surface area contributed by atoms with Crippen molar-refractivity contribution in [3.8, 4) is 0 Å². The van der Waals surface area contributed by atoms with Gasteiger partial charge in [0.1, 0.15) is 6.04 Å². The van der Waals surface area contributed by atoms with Crippen molar-refractivity contribution in [3.63, 3.8) is 0 Å². The summed E-state index contributed by atoms with van der Waals surface area (Å²) in [7, 11) is 0. The summed E-state index contributed by atoms with van der Waals surface area (Å²) in [4.78, 5) is 10.5. The van der Waals surface area contributed by atoms with Gasteiger partial charge in [-0.15, -0.1) is 0 Å². The minimum absolute atomic E-state index is 0.208. The number of nitrogens with zero attached hydrogens (tertiary/aromatic N) is 1. The Kier molecular flexibility index (Phi) is 10.6. The maximum absolute atomic E-state index is 10.5. The highest BCUT2D eigenvalue weighted by molar-refractivity contribution is 7.98. The van der Waals surface area contributed by atoms with Gasteiger partial charge in [-0.25, -0.2) is 0 Å². The highest BCUT2D eigenvalue weighted by atomic mass is 32.2. The quantitative estimate of drug-likeness (QED) is 0.432. The van der Waals surface area contributed by atoms with Crippen LogP contribution in [0.4, 0.5) is 0 Å². The van der Waals surface area contributed by atoms with Gasteiger partial charge in [-0.2, -0.15) is 11.8 Å². The zero-order valence-corrected chi connectivity index (χ0v) is 11.1. The molecule has 6 heteroatoms. The lowest BCUT2D eigenvalue weighted by Gasteiger charge is -2.20. The Bertz CT molecular complexity index is 202. The van der Waals surface area contributed by atoms with Crippen LogP contribution in [0.15, 0.2) is 0 Å². The minimum Gasteiger partial charge on any atom is -0.548 e. The van der Waals surface area contributed by atoms with Gasteiger partial charge in [-0.05, 0) is 24.9 Å². The van der Waals surface area contributed by atoms with E-state index in [1.807, 2.05) is 11.8 Å². The summed E-state index contributed by atoms with van der Waals surface area (Å²) in [6.45, 7) is 0. The van der Waals surface area contributed by atoms with Crippen molar-refractivity contribution < 1.29 is 20.3 Å². The molecule has 102 valence electrons. The normalized spacial score (nSPS) is 12.9. The molecule has 0 spiro atoms. The molecule has 0 heterocycles. The van der Waals surface area contributed by atoms with E-state index in [1.165, 1.54) is 18.6 Å². The molecule has 0 fully saturated rings. The Morgan fingerprint density at radius 1 is 1.18 bits per heavy atom. The molecule has 0 radical (unpaired) electrons. The average molecular weight is 264 g/mol. The van der Waals surface area contributed by atoms with E-state index in [4.69, 9.17) is 10.4 Å². The van der Waals surface area contributed by atoms with Crippen molar-refractivity contribution in [1.82, 2.24) is 5.23 Å². The van der Waals surface area contributed by atoms with Crippen molar-refractivity contribution in [1.29, 1.82) is 0 Å². The third kappa shape index (κ3) is 9.41. The van der Waals surface area contributed by atoms with Gasteiger partial charge in [0.05, 0.1) is 5.97 Å². The second-order valence-electron chi connectivity index (χ2n) is 4.06. The number of carbonyl (C=O) groups excluding carboxylic acids is 1.